The first kappa shape index (κ1) is 5.69. The summed E-state index contributed by atoms with van der Waals surface area (Å²) < 4.78 is 0. The second-order valence-corrected chi connectivity index (χ2v) is 2.38. The van der Waals surface area contributed by atoms with Crippen molar-refractivity contribution in [1.82, 2.24) is 5.32 Å². The van der Waals surface area contributed by atoms with Gasteiger partial charge in [0.25, 0.3) is 0 Å². The Morgan fingerprint density at radius 2 is 2.62 bits per heavy atom. The fourth-order valence-electron chi connectivity index (χ4n) is 0.464. The molecule has 44 valence electrons. The van der Waals surface area contributed by atoms with Crippen LogP contribution in [0.1, 0.15) is 0 Å². The first-order valence-corrected chi connectivity index (χ1v) is 3.48. The van der Waals surface area contributed by atoms with Crippen molar-refractivity contribution in [3.8, 4) is 0 Å². The lowest BCUT2D eigenvalue weighted by molar-refractivity contribution is -0.118. The Morgan fingerprint density at radius 1 is 1.75 bits per heavy atom. The molecule has 0 unspecified atom stereocenters. The predicted octanol–water partition coefficient (Wildman–Crippen LogP) is 0.363. The summed E-state index contributed by atoms with van der Waals surface area (Å²) in [7, 11) is 0. The Labute approximate surface area is 52.3 Å². The predicted molar refractivity (Wildman–Crippen MR) is 34.6 cm³/mol. The van der Waals surface area contributed by atoms with E-state index in [1.807, 2.05) is 11.5 Å². The maximum atomic E-state index is 10.5. The van der Waals surface area contributed by atoms with Gasteiger partial charge < -0.3 is 5.32 Å². The van der Waals surface area contributed by atoms with Gasteiger partial charge in [0.2, 0.25) is 5.91 Å². The highest BCUT2D eigenvalue weighted by Crippen LogP contribution is 2.02. The smallest absolute Gasteiger partial charge is 0.230 e. The highest BCUT2D eigenvalue weighted by atomic mass is 32.2. The third-order valence-electron chi connectivity index (χ3n) is 0.824. The molecule has 0 aromatic heterocycles. The van der Waals surface area contributed by atoms with Gasteiger partial charge in [-0.25, -0.2) is 0 Å². The van der Waals surface area contributed by atoms with Gasteiger partial charge in [-0.1, -0.05) is 6.08 Å². The van der Waals surface area contributed by atoms with Crippen molar-refractivity contribution in [2.45, 2.75) is 0 Å². The molecule has 0 aromatic rings. The molecule has 1 aliphatic rings. The standard InChI is InChI=1S/C5H7NOS/c7-5-4-8-3-1-2-6-5/h1,3H,2,4H2,(H,6,7). The van der Waals surface area contributed by atoms with Crippen molar-refractivity contribution < 1.29 is 4.79 Å². The minimum atomic E-state index is 0.125. The van der Waals surface area contributed by atoms with Gasteiger partial charge >= 0.3 is 0 Å². The first-order valence-electron chi connectivity index (χ1n) is 2.43. The summed E-state index contributed by atoms with van der Waals surface area (Å²) in [6.07, 6.45) is 1.94. The van der Waals surface area contributed by atoms with E-state index in [4.69, 9.17) is 0 Å². The van der Waals surface area contributed by atoms with Crippen LogP contribution in [0.5, 0.6) is 0 Å². The molecule has 0 aromatic carbocycles. The zero-order chi connectivity index (χ0) is 5.82. The molecule has 1 N–H and O–H groups in total. The average Bonchev–Trinajstić information content (AvgIpc) is 1.94. The quantitative estimate of drug-likeness (QED) is 0.511. The highest BCUT2D eigenvalue weighted by molar-refractivity contribution is 8.02. The highest BCUT2D eigenvalue weighted by Gasteiger charge is 1.99. The second kappa shape index (κ2) is 2.77. The van der Waals surface area contributed by atoms with Gasteiger partial charge in [0, 0.05) is 6.54 Å². The Bertz CT molecular complexity index is 110. The van der Waals surface area contributed by atoms with Crippen LogP contribution in [0.3, 0.4) is 0 Å². The van der Waals surface area contributed by atoms with Crippen LogP contribution >= 0.6 is 11.8 Å². The molecule has 1 aliphatic heterocycles. The van der Waals surface area contributed by atoms with E-state index < -0.39 is 0 Å². The molecule has 0 bridgehead atoms. The summed E-state index contributed by atoms with van der Waals surface area (Å²) in [5.41, 5.74) is 0. The molecule has 2 nitrogen and oxygen atoms in total. The molecule has 0 spiro atoms. The minimum Gasteiger partial charge on any atom is -0.352 e. The van der Waals surface area contributed by atoms with Crippen LogP contribution in [0.15, 0.2) is 11.5 Å². The third kappa shape index (κ3) is 1.58. The van der Waals surface area contributed by atoms with E-state index in [2.05, 4.69) is 5.32 Å². The van der Waals surface area contributed by atoms with E-state index in [1.165, 1.54) is 11.8 Å². The third-order valence-corrected chi connectivity index (χ3v) is 1.64. The van der Waals surface area contributed by atoms with Crippen LogP contribution in [-0.4, -0.2) is 18.2 Å². The van der Waals surface area contributed by atoms with E-state index >= 15 is 0 Å². The summed E-state index contributed by atoms with van der Waals surface area (Å²) in [6.45, 7) is 0.686. The molecule has 0 atom stereocenters. The Hall–Kier alpha value is -0.440. The van der Waals surface area contributed by atoms with E-state index in [0.29, 0.717) is 12.3 Å². The van der Waals surface area contributed by atoms with Gasteiger partial charge in [0.05, 0.1) is 5.75 Å². The number of nitrogens with one attached hydrogen (secondary N) is 1. The fourth-order valence-corrected chi connectivity index (χ4v) is 1.05. The second-order valence-electron chi connectivity index (χ2n) is 1.49. The molecular formula is C5H7NOS. The minimum absolute atomic E-state index is 0.125. The van der Waals surface area contributed by atoms with Gasteiger partial charge in [-0.15, -0.1) is 11.8 Å². The zero-order valence-corrected chi connectivity index (χ0v) is 5.20. The van der Waals surface area contributed by atoms with Gasteiger partial charge in [-0.3, -0.25) is 4.79 Å². The molecule has 0 saturated carbocycles. The number of carbonyl (C=O) groups is 1. The van der Waals surface area contributed by atoms with Crippen LogP contribution in [0.2, 0.25) is 0 Å². The number of hydrogen-bond acceptors (Lipinski definition) is 2. The number of hydrogen-bond donors (Lipinski definition) is 1. The molecule has 1 heterocycles. The molecular weight excluding hydrogens is 122 g/mol. The Kier molecular flexibility index (Phi) is 1.97. The molecule has 0 saturated heterocycles. The maximum absolute atomic E-state index is 10.5. The van der Waals surface area contributed by atoms with Crippen LogP contribution < -0.4 is 5.32 Å². The Morgan fingerprint density at radius 3 is 3.50 bits per heavy atom. The molecule has 3 heteroatoms. The number of rotatable bonds is 0. The maximum Gasteiger partial charge on any atom is 0.230 e. The van der Waals surface area contributed by atoms with Crippen molar-refractivity contribution in [3.05, 3.63) is 11.5 Å². The summed E-state index contributed by atoms with van der Waals surface area (Å²) >= 11 is 1.53. The van der Waals surface area contributed by atoms with E-state index in [1.54, 1.807) is 0 Å². The van der Waals surface area contributed by atoms with Gasteiger partial charge in [-0.05, 0) is 5.41 Å². The average molecular weight is 129 g/mol. The monoisotopic (exact) mass is 129 g/mol. The van der Waals surface area contributed by atoms with Crippen molar-refractivity contribution >= 4 is 17.7 Å². The van der Waals surface area contributed by atoms with Crippen molar-refractivity contribution in [2.24, 2.45) is 0 Å². The molecule has 0 radical (unpaired) electrons. The van der Waals surface area contributed by atoms with Crippen LogP contribution in [-0.2, 0) is 4.79 Å². The van der Waals surface area contributed by atoms with Crippen molar-refractivity contribution in [3.63, 3.8) is 0 Å². The van der Waals surface area contributed by atoms with Gasteiger partial charge in [-0.2, -0.15) is 0 Å². The zero-order valence-electron chi connectivity index (χ0n) is 4.39. The molecule has 1 rings (SSSR count). The van der Waals surface area contributed by atoms with Crippen LogP contribution in [0.25, 0.3) is 0 Å². The summed E-state index contributed by atoms with van der Waals surface area (Å²) in [4.78, 5) is 10.5. The number of thioether (sulfide) groups is 1. The van der Waals surface area contributed by atoms with Crippen LogP contribution in [0.4, 0.5) is 0 Å². The van der Waals surface area contributed by atoms with Gasteiger partial charge in [0.15, 0.2) is 0 Å². The summed E-state index contributed by atoms with van der Waals surface area (Å²) in [5.74, 6) is 0.691. The summed E-state index contributed by atoms with van der Waals surface area (Å²) in [5, 5.41) is 4.64. The van der Waals surface area contributed by atoms with Gasteiger partial charge in [0.1, 0.15) is 0 Å². The lowest BCUT2D eigenvalue weighted by Gasteiger charge is -1.92. The number of amides is 1. The van der Waals surface area contributed by atoms with Crippen molar-refractivity contribution in [2.75, 3.05) is 12.3 Å². The SMILES string of the molecule is O=C1CSC=CCN1. The number of carbonyl (C=O) groups excluding carboxylic acids is 1. The van der Waals surface area contributed by atoms with E-state index in [9.17, 15) is 4.79 Å². The van der Waals surface area contributed by atoms with Crippen LogP contribution in [0, 0.1) is 0 Å². The largest absolute Gasteiger partial charge is 0.352 e. The Balaban J connectivity index is 2.39. The lowest BCUT2D eigenvalue weighted by Crippen LogP contribution is -2.23. The molecule has 8 heavy (non-hydrogen) atoms. The van der Waals surface area contributed by atoms with E-state index in [0.717, 1.165) is 0 Å². The fraction of sp³-hybridized carbons (Fsp3) is 0.400. The molecule has 0 fully saturated rings. The molecule has 1 amide bonds. The van der Waals surface area contributed by atoms with Crippen molar-refractivity contribution in [1.29, 1.82) is 0 Å². The van der Waals surface area contributed by atoms with E-state index in [-0.39, 0.29) is 5.91 Å². The topological polar surface area (TPSA) is 29.1 Å². The molecule has 0 aliphatic carbocycles. The summed E-state index contributed by atoms with van der Waals surface area (Å²) in [6, 6.07) is 0. The lowest BCUT2D eigenvalue weighted by atomic mass is 10.6. The normalized spacial score (nSPS) is 19.8. The first-order chi connectivity index (χ1) is 3.89.